The lowest BCUT2D eigenvalue weighted by Crippen LogP contribution is -2.15. The molecule has 1 aliphatic heterocycles. The molecule has 0 aromatic heterocycles. The maximum absolute atomic E-state index is 13.3. The first-order chi connectivity index (χ1) is 12.0. The van der Waals surface area contributed by atoms with Gasteiger partial charge in [0.25, 0.3) is 0 Å². The number of halogens is 1. The van der Waals surface area contributed by atoms with Crippen molar-refractivity contribution in [3.05, 3.63) is 52.3 Å². The zero-order valence-electron chi connectivity index (χ0n) is 12.9. The summed E-state index contributed by atoms with van der Waals surface area (Å²) in [6.07, 6.45) is 0. The molecular weight excluding hydrogens is 351 g/mol. The molecule has 3 rings (SSSR count). The minimum atomic E-state index is -0.950. The highest BCUT2D eigenvalue weighted by molar-refractivity contribution is 8.00. The maximum Gasteiger partial charge on any atom is 0.306 e. The number of thioether (sulfide) groups is 1. The number of rotatable bonds is 5. The number of ether oxygens (including phenoxy) is 2. The molecule has 1 N–H and O–H groups in total. The molecule has 7 nitrogen and oxygen atoms in total. The van der Waals surface area contributed by atoms with Gasteiger partial charge in [-0.3, -0.25) is 14.9 Å². The minimum absolute atomic E-state index is 0.0881. The van der Waals surface area contributed by atoms with Crippen LogP contribution in [-0.2, 0) is 4.79 Å². The number of benzene rings is 2. The van der Waals surface area contributed by atoms with Gasteiger partial charge in [0.15, 0.2) is 11.5 Å². The van der Waals surface area contributed by atoms with Gasteiger partial charge in [0, 0.05) is 16.6 Å². The van der Waals surface area contributed by atoms with Crippen LogP contribution in [0.15, 0.2) is 41.3 Å². The van der Waals surface area contributed by atoms with Crippen LogP contribution >= 0.6 is 11.8 Å². The summed E-state index contributed by atoms with van der Waals surface area (Å²) in [6, 6.07) is 8.58. The summed E-state index contributed by atoms with van der Waals surface area (Å²) in [6.45, 7) is 0.983. The predicted octanol–water partition coefficient (Wildman–Crippen LogP) is 3.24. The van der Waals surface area contributed by atoms with Crippen LogP contribution in [0.25, 0.3) is 0 Å². The fourth-order valence-electron chi connectivity index (χ4n) is 2.19. The number of nitro benzene ring substituents is 1. The zero-order chi connectivity index (χ0) is 17.8. The molecule has 0 spiro atoms. The van der Waals surface area contributed by atoms with E-state index in [1.54, 1.807) is 12.1 Å². The molecule has 1 aliphatic rings. The van der Waals surface area contributed by atoms with E-state index < -0.39 is 16.4 Å². The van der Waals surface area contributed by atoms with E-state index in [1.807, 2.05) is 6.07 Å². The Morgan fingerprint density at radius 3 is 2.72 bits per heavy atom. The molecule has 0 radical (unpaired) electrons. The lowest BCUT2D eigenvalue weighted by Gasteiger charge is -2.18. The summed E-state index contributed by atoms with van der Waals surface area (Å²) in [4.78, 5) is 22.7. The van der Waals surface area contributed by atoms with Crippen LogP contribution in [-0.4, -0.2) is 29.8 Å². The van der Waals surface area contributed by atoms with Crippen molar-refractivity contribution in [2.75, 3.05) is 24.3 Å². The maximum atomic E-state index is 13.3. The van der Waals surface area contributed by atoms with Crippen molar-refractivity contribution < 1.29 is 23.6 Å². The zero-order valence-corrected chi connectivity index (χ0v) is 13.7. The average molecular weight is 364 g/mol. The number of amides is 1. The molecule has 2 aromatic carbocycles. The second-order valence-electron chi connectivity index (χ2n) is 5.07. The summed E-state index contributed by atoms with van der Waals surface area (Å²) in [5.41, 5.74) is -0.516. The molecule has 0 bridgehead atoms. The van der Waals surface area contributed by atoms with Gasteiger partial charge in [-0.1, -0.05) is 0 Å². The normalized spacial score (nSPS) is 12.5. The predicted molar refractivity (Wildman–Crippen MR) is 89.8 cm³/mol. The van der Waals surface area contributed by atoms with Gasteiger partial charge in [-0.2, -0.15) is 4.39 Å². The van der Waals surface area contributed by atoms with E-state index in [4.69, 9.17) is 9.47 Å². The molecule has 0 atom stereocenters. The SMILES string of the molecule is O=C(CSc1ccc2c(c1)OCCO2)Nc1ccc(F)c([N+](=O)[O-])c1. The summed E-state index contributed by atoms with van der Waals surface area (Å²) in [7, 11) is 0. The third kappa shape index (κ3) is 4.18. The van der Waals surface area contributed by atoms with Gasteiger partial charge in [-0.15, -0.1) is 11.8 Å². The first-order valence-electron chi connectivity index (χ1n) is 7.29. The molecule has 0 saturated carbocycles. The fourth-order valence-corrected chi connectivity index (χ4v) is 2.91. The smallest absolute Gasteiger partial charge is 0.306 e. The summed E-state index contributed by atoms with van der Waals surface area (Å²) in [5, 5.41) is 13.2. The van der Waals surface area contributed by atoms with E-state index >= 15 is 0 Å². The fraction of sp³-hybridized carbons (Fsp3) is 0.188. The average Bonchev–Trinajstić information content (AvgIpc) is 2.61. The number of anilines is 1. The van der Waals surface area contributed by atoms with Gasteiger partial charge in [0.2, 0.25) is 11.7 Å². The van der Waals surface area contributed by atoms with Gasteiger partial charge in [0.05, 0.1) is 10.7 Å². The van der Waals surface area contributed by atoms with Gasteiger partial charge >= 0.3 is 5.69 Å². The Bertz CT molecular complexity index is 830. The molecule has 9 heteroatoms. The van der Waals surface area contributed by atoms with Gasteiger partial charge in [-0.05, 0) is 30.3 Å². The third-order valence-electron chi connectivity index (χ3n) is 3.31. The molecule has 0 aliphatic carbocycles. The Hall–Kier alpha value is -2.81. The van der Waals surface area contributed by atoms with Crippen molar-refractivity contribution >= 4 is 29.0 Å². The van der Waals surface area contributed by atoms with Crippen LogP contribution in [0, 0.1) is 15.9 Å². The molecule has 130 valence electrons. The van der Waals surface area contributed by atoms with E-state index in [1.165, 1.54) is 17.8 Å². The van der Waals surface area contributed by atoms with Crippen LogP contribution in [0.5, 0.6) is 11.5 Å². The Morgan fingerprint density at radius 2 is 1.96 bits per heavy atom. The number of nitrogens with zero attached hydrogens (tertiary/aromatic N) is 1. The number of hydrogen-bond donors (Lipinski definition) is 1. The lowest BCUT2D eigenvalue weighted by molar-refractivity contribution is -0.387. The molecule has 0 fully saturated rings. The third-order valence-corrected chi connectivity index (χ3v) is 4.30. The highest BCUT2D eigenvalue weighted by atomic mass is 32.2. The first kappa shape index (κ1) is 17.0. The topological polar surface area (TPSA) is 90.7 Å². The van der Waals surface area contributed by atoms with E-state index in [0.717, 1.165) is 17.0 Å². The van der Waals surface area contributed by atoms with Crippen molar-refractivity contribution in [2.45, 2.75) is 4.90 Å². The lowest BCUT2D eigenvalue weighted by atomic mass is 10.2. The molecule has 1 amide bonds. The van der Waals surface area contributed by atoms with Crippen LogP contribution in [0.1, 0.15) is 0 Å². The summed E-state index contributed by atoms with van der Waals surface area (Å²) >= 11 is 1.28. The first-order valence-corrected chi connectivity index (χ1v) is 8.28. The van der Waals surface area contributed by atoms with Gasteiger partial charge < -0.3 is 14.8 Å². The van der Waals surface area contributed by atoms with E-state index in [2.05, 4.69) is 5.32 Å². The Morgan fingerprint density at radius 1 is 1.20 bits per heavy atom. The number of hydrogen-bond acceptors (Lipinski definition) is 6. The second-order valence-corrected chi connectivity index (χ2v) is 6.11. The standard InChI is InChI=1S/C16H13FN2O5S/c17-12-3-1-10(7-13(12)19(21)22)18-16(20)9-25-11-2-4-14-15(8-11)24-6-5-23-14/h1-4,7-8H,5-6,9H2,(H,18,20). The Balaban J connectivity index is 1.60. The molecular formula is C16H13FN2O5S. The van der Waals surface area contributed by atoms with Gasteiger partial charge in [0.1, 0.15) is 13.2 Å². The van der Waals surface area contributed by atoms with Crippen molar-refractivity contribution in [3.8, 4) is 11.5 Å². The van der Waals surface area contributed by atoms with Gasteiger partial charge in [-0.25, -0.2) is 0 Å². The van der Waals surface area contributed by atoms with Crippen molar-refractivity contribution in [3.63, 3.8) is 0 Å². The monoisotopic (exact) mass is 364 g/mol. The van der Waals surface area contributed by atoms with Crippen LogP contribution in [0.2, 0.25) is 0 Å². The van der Waals surface area contributed by atoms with E-state index in [-0.39, 0.29) is 17.3 Å². The minimum Gasteiger partial charge on any atom is -0.486 e. The van der Waals surface area contributed by atoms with Crippen LogP contribution in [0.4, 0.5) is 15.8 Å². The van der Waals surface area contributed by atoms with E-state index in [9.17, 15) is 19.3 Å². The quantitative estimate of drug-likeness (QED) is 0.498. The molecule has 2 aromatic rings. The van der Waals surface area contributed by atoms with E-state index in [0.29, 0.717) is 24.7 Å². The molecule has 1 heterocycles. The number of nitrogens with one attached hydrogen (secondary N) is 1. The number of carbonyl (C=O) groups excluding carboxylic acids is 1. The number of nitro groups is 1. The number of carbonyl (C=O) groups is 1. The Kier molecular flexibility index (Phi) is 5.03. The van der Waals surface area contributed by atoms with Crippen LogP contribution in [0.3, 0.4) is 0 Å². The molecule has 0 saturated heterocycles. The molecule has 25 heavy (non-hydrogen) atoms. The molecule has 0 unspecified atom stereocenters. The highest BCUT2D eigenvalue weighted by Crippen LogP contribution is 2.34. The van der Waals surface area contributed by atoms with Crippen LogP contribution < -0.4 is 14.8 Å². The highest BCUT2D eigenvalue weighted by Gasteiger charge is 2.16. The second kappa shape index (κ2) is 7.39. The van der Waals surface area contributed by atoms with Crippen molar-refractivity contribution in [1.82, 2.24) is 0 Å². The van der Waals surface area contributed by atoms with Crippen molar-refractivity contribution in [2.24, 2.45) is 0 Å². The largest absolute Gasteiger partial charge is 0.486 e. The Labute approximate surface area is 146 Å². The van der Waals surface area contributed by atoms with Crippen molar-refractivity contribution in [1.29, 1.82) is 0 Å². The summed E-state index contributed by atoms with van der Waals surface area (Å²) < 4.78 is 24.2. The summed E-state index contributed by atoms with van der Waals surface area (Å²) in [5.74, 6) is 0.0732. The number of fused-ring (bicyclic) bond motifs is 1.